The number of hydrogen-bond acceptors (Lipinski definition) is 2. The van der Waals surface area contributed by atoms with E-state index in [1.807, 2.05) is 0 Å². The van der Waals surface area contributed by atoms with E-state index in [9.17, 15) is 4.79 Å². The number of carbonyl (C=O) groups excluding carboxylic acids is 1. The summed E-state index contributed by atoms with van der Waals surface area (Å²) in [6.45, 7) is 4.60. The maximum Gasteiger partial charge on any atom is 0.148 e. The molecule has 1 spiro atoms. The summed E-state index contributed by atoms with van der Waals surface area (Å²) >= 11 is 0. The standard InChI is InChI=1S/C12H20O2/c1-11(2)6-7-12(9-11)5-3-4-10(8-13)14-12/h8,10H,3-7,9H2,1-2H3. The summed E-state index contributed by atoms with van der Waals surface area (Å²) in [7, 11) is 0. The van der Waals surface area contributed by atoms with Crippen LogP contribution >= 0.6 is 0 Å². The summed E-state index contributed by atoms with van der Waals surface area (Å²) in [5.74, 6) is 0. The minimum absolute atomic E-state index is 0.0489. The third kappa shape index (κ3) is 1.85. The zero-order valence-corrected chi connectivity index (χ0v) is 9.21. The van der Waals surface area contributed by atoms with Crippen LogP contribution in [0.4, 0.5) is 0 Å². The molecule has 2 fully saturated rings. The molecule has 0 bridgehead atoms. The topological polar surface area (TPSA) is 26.3 Å². The van der Waals surface area contributed by atoms with E-state index in [1.54, 1.807) is 0 Å². The van der Waals surface area contributed by atoms with Gasteiger partial charge in [0.25, 0.3) is 0 Å². The van der Waals surface area contributed by atoms with Gasteiger partial charge in [-0.3, -0.25) is 0 Å². The summed E-state index contributed by atoms with van der Waals surface area (Å²) in [5, 5.41) is 0. The lowest BCUT2D eigenvalue weighted by Crippen LogP contribution is -2.39. The Hall–Kier alpha value is -0.370. The van der Waals surface area contributed by atoms with Gasteiger partial charge in [-0.2, -0.15) is 0 Å². The Bertz CT molecular complexity index is 234. The number of carbonyl (C=O) groups is 1. The monoisotopic (exact) mass is 196 g/mol. The molecule has 0 aromatic carbocycles. The van der Waals surface area contributed by atoms with Crippen molar-refractivity contribution in [2.45, 2.75) is 64.1 Å². The van der Waals surface area contributed by atoms with Crippen molar-refractivity contribution in [2.75, 3.05) is 0 Å². The molecule has 2 unspecified atom stereocenters. The van der Waals surface area contributed by atoms with Crippen molar-refractivity contribution in [1.82, 2.24) is 0 Å². The van der Waals surface area contributed by atoms with Gasteiger partial charge in [-0.05, 0) is 43.9 Å². The molecule has 0 radical (unpaired) electrons. The molecule has 1 saturated carbocycles. The van der Waals surface area contributed by atoms with E-state index in [0.717, 1.165) is 38.4 Å². The first-order chi connectivity index (χ1) is 6.55. The molecule has 0 aromatic heterocycles. The minimum Gasteiger partial charge on any atom is -0.364 e. The highest BCUT2D eigenvalue weighted by Gasteiger charge is 2.46. The molecule has 1 aliphatic carbocycles. The number of aldehydes is 1. The molecule has 1 aliphatic heterocycles. The lowest BCUT2D eigenvalue weighted by molar-refractivity contribution is -0.147. The first-order valence-corrected chi connectivity index (χ1v) is 5.68. The predicted octanol–water partition coefficient (Wildman–Crippen LogP) is 2.70. The summed E-state index contributed by atoms with van der Waals surface area (Å²) in [5.41, 5.74) is 0.456. The van der Waals surface area contributed by atoms with Crippen molar-refractivity contribution in [3.05, 3.63) is 0 Å². The Morgan fingerprint density at radius 2 is 2.07 bits per heavy atom. The average molecular weight is 196 g/mol. The number of ether oxygens (including phenoxy) is 1. The van der Waals surface area contributed by atoms with Gasteiger partial charge in [0.1, 0.15) is 12.4 Å². The molecular formula is C12H20O2. The number of rotatable bonds is 1. The Morgan fingerprint density at radius 1 is 1.29 bits per heavy atom. The van der Waals surface area contributed by atoms with Gasteiger partial charge in [0.2, 0.25) is 0 Å². The molecule has 2 heteroatoms. The molecule has 2 rings (SSSR count). The normalized spacial score (nSPS) is 41.4. The van der Waals surface area contributed by atoms with Gasteiger partial charge in [0.05, 0.1) is 5.60 Å². The van der Waals surface area contributed by atoms with Crippen LogP contribution in [0.1, 0.15) is 52.4 Å². The third-order valence-corrected chi connectivity index (χ3v) is 3.73. The second-order valence-electron chi connectivity index (χ2n) is 5.71. The highest BCUT2D eigenvalue weighted by Crippen LogP contribution is 2.50. The van der Waals surface area contributed by atoms with Crippen molar-refractivity contribution < 1.29 is 9.53 Å². The molecule has 1 heterocycles. The Morgan fingerprint density at radius 3 is 2.64 bits per heavy atom. The van der Waals surface area contributed by atoms with Crippen molar-refractivity contribution in [3.8, 4) is 0 Å². The lowest BCUT2D eigenvalue weighted by atomic mass is 9.85. The summed E-state index contributed by atoms with van der Waals surface area (Å²) < 4.78 is 5.95. The molecule has 0 aromatic rings. The second kappa shape index (κ2) is 3.34. The zero-order chi connectivity index (χ0) is 10.2. The molecule has 0 N–H and O–H groups in total. The minimum atomic E-state index is -0.127. The maximum absolute atomic E-state index is 10.7. The summed E-state index contributed by atoms with van der Waals surface area (Å²) in [6, 6.07) is 0. The molecule has 80 valence electrons. The average Bonchev–Trinajstić information content (AvgIpc) is 2.42. The van der Waals surface area contributed by atoms with Gasteiger partial charge >= 0.3 is 0 Å². The van der Waals surface area contributed by atoms with Gasteiger partial charge < -0.3 is 9.53 Å². The fourth-order valence-corrected chi connectivity index (χ4v) is 3.09. The first-order valence-electron chi connectivity index (χ1n) is 5.68. The summed E-state index contributed by atoms with van der Waals surface area (Å²) in [4.78, 5) is 10.7. The smallest absolute Gasteiger partial charge is 0.148 e. The highest BCUT2D eigenvalue weighted by molar-refractivity contribution is 5.56. The Labute approximate surface area is 86.0 Å². The predicted molar refractivity (Wildman–Crippen MR) is 55.2 cm³/mol. The lowest BCUT2D eigenvalue weighted by Gasteiger charge is -2.37. The second-order valence-corrected chi connectivity index (χ2v) is 5.71. The highest BCUT2D eigenvalue weighted by atomic mass is 16.5. The van der Waals surface area contributed by atoms with Gasteiger partial charge in [-0.25, -0.2) is 0 Å². The van der Waals surface area contributed by atoms with E-state index >= 15 is 0 Å². The van der Waals surface area contributed by atoms with Crippen LogP contribution in [0.2, 0.25) is 0 Å². The van der Waals surface area contributed by atoms with Gasteiger partial charge in [-0.1, -0.05) is 13.8 Å². The number of hydrogen-bond donors (Lipinski definition) is 0. The molecule has 2 atom stereocenters. The van der Waals surface area contributed by atoms with Crippen LogP contribution in [0.15, 0.2) is 0 Å². The van der Waals surface area contributed by atoms with Gasteiger partial charge in [0, 0.05) is 0 Å². The quantitative estimate of drug-likeness (QED) is 0.603. The van der Waals surface area contributed by atoms with Crippen LogP contribution in [0.25, 0.3) is 0 Å². The van der Waals surface area contributed by atoms with Crippen LogP contribution < -0.4 is 0 Å². The van der Waals surface area contributed by atoms with E-state index < -0.39 is 0 Å². The molecular weight excluding hydrogens is 176 g/mol. The molecule has 0 amide bonds. The summed E-state index contributed by atoms with van der Waals surface area (Å²) in [6.07, 6.45) is 7.59. The van der Waals surface area contributed by atoms with Crippen molar-refractivity contribution >= 4 is 6.29 Å². The largest absolute Gasteiger partial charge is 0.364 e. The molecule has 2 aliphatic rings. The third-order valence-electron chi connectivity index (χ3n) is 3.73. The van der Waals surface area contributed by atoms with Crippen LogP contribution in [0.5, 0.6) is 0 Å². The molecule has 14 heavy (non-hydrogen) atoms. The van der Waals surface area contributed by atoms with Crippen LogP contribution in [0.3, 0.4) is 0 Å². The van der Waals surface area contributed by atoms with Gasteiger partial charge in [-0.15, -0.1) is 0 Å². The molecule has 2 nitrogen and oxygen atoms in total. The van der Waals surface area contributed by atoms with E-state index in [1.165, 1.54) is 6.42 Å². The Kier molecular flexibility index (Phi) is 2.42. The van der Waals surface area contributed by atoms with Crippen molar-refractivity contribution in [2.24, 2.45) is 5.41 Å². The first kappa shape index (κ1) is 10.2. The van der Waals surface area contributed by atoms with Crippen molar-refractivity contribution in [1.29, 1.82) is 0 Å². The van der Waals surface area contributed by atoms with Crippen LogP contribution in [0, 0.1) is 5.41 Å². The fourth-order valence-electron chi connectivity index (χ4n) is 3.09. The van der Waals surface area contributed by atoms with E-state index in [-0.39, 0.29) is 11.7 Å². The van der Waals surface area contributed by atoms with Crippen LogP contribution in [-0.2, 0) is 9.53 Å². The zero-order valence-electron chi connectivity index (χ0n) is 9.21. The van der Waals surface area contributed by atoms with E-state index in [2.05, 4.69) is 13.8 Å². The van der Waals surface area contributed by atoms with Gasteiger partial charge in [0.15, 0.2) is 0 Å². The van der Waals surface area contributed by atoms with E-state index in [0.29, 0.717) is 5.41 Å². The fraction of sp³-hybridized carbons (Fsp3) is 0.917. The van der Waals surface area contributed by atoms with Crippen molar-refractivity contribution in [3.63, 3.8) is 0 Å². The molecule has 1 saturated heterocycles. The van der Waals surface area contributed by atoms with Crippen LogP contribution in [-0.4, -0.2) is 18.0 Å². The van der Waals surface area contributed by atoms with E-state index in [4.69, 9.17) is 4.74 Å². The Balaban J connectivity index is 2.06. The maximum atomic E-state index is 10.7. The SMILES string of the molecule is CC1(C)CCC2(CCCC(C=O)O2)C1.